The maximum absolute atomic E-state index is 6.32. The van der Waals surface area contributed by atoms with E-state index in [1.807, 2.05) is 12.1 Å². The molecule has 2 rings (SSSR count). The fourth-order valence-corrected chi connectivity index (χ4v) is 2.83. The summed E-state index contributed by atoms with van der Waals surface area (Å²) in [4.78, 5) is 0. The average molecular weight is 284 g/mol. The summed E-state index contributed by atoms with van der Waals surface area (Å²) in [5.74, 6) is 0. The zero-order chi connectivity index (χ0) is 13.6. The first-order valence-corrected chi connectivity index (χ1v) is 7.19. The summed E-state index contributed by atoms with van der Waals surface area (Å²) in [6, 6.07) is 8.14. The van der Waals surface area contributed by atoms with Gasteiger partial charge in [0.1, 0.15) is 0 Å². The minimum atomic E-state index is 0.152. The number of nitrogens with one attached hydrogen (secondary N) is 1. The Hall–Kier alpha value is -0.610. The second-order valence-electron chi connectivity index (χ2n) is 5.07. The van der Waals surface area contributed by atoms with Gasteiger partial charge in [0.2, 0.25) is 0 Å². The van der Waals surface area contributed by atoms with Crippen LogP contribution in [0.3, 0.4) is 0 Å². The number of methoxy groups -OCH3 is 1. The molecule has 3 nitrogen and oxygen atoms in total. The molecule has 0 radical (unpaired) electrons. The number of hydrogen-bond donors (Lipinski definition) is 1. The lowest BCUT2D eigenvalue weighted by molar-refractivity contribution is 0.0806. The number of benzene rings is 1. The van der Waals surface area contributed by atoms with E-state index in [0.717, 1.165) is 50.8 Å². The van der Waals surface area contributed by atoms with E-state index >= 15 is 0 Å². The Balaban J connectivity index is 1.84. The molecule has 106 valence electrons. The third-order valence-electron chi connectivity index (χ3n) is 3.73. The van der Waals surface area contributed by atoms with Crippen LogP contribution in [0.1, 0.15) is 18.4 Å². The van der Waals surface area contributed by atoms with Gasteiger partial charge in [-0.05, 0) is 24.5 Å². The van der Waals surface area contributed by atoms with Crippen LogP contribution in [0, 0.1) is 0 Å². The highest BCUT2D eigenvalue weighted by Gasteiger charge is 2.39. The molecule has 4 heteroatoms. The zero-order valence-corrected chi connectivity index (χ0v) is 12.2. The predicted octanol–water partition coefficient (Wildman–Crippen LogP) is 2.62. The van der Waals surface area contributed by atoms with Gasteiger partial charge in [0.15, 0.2) is 0 Å². The number of ether oxygens (including phenoxy) is 2. The highest BCUT2D eigenvalue weighted by atomic mass is 35.5. The van der Waals surface area contributed by atoms with Crippen molar-refractivity contribution >= 4 is 11.6 Å². The highest BCUT2D eigenvalue weighted by Crippen LogP contribution is 2.36. The van der Waals surface area contributed by atoms with Crippen LogP contribution in [0.4, 0.5) is 0 Å². The molecular formula is C15H22ClNO2. The van der Waals surface area contributed by atoms with Crippen LogP contribution in [0.15, 0.2) is 24.3 Å². The summed E-state index contributed by atoms with van der Waals surface area (Å²) in [7, 11) is 1.71. The van der Waals surface area contributed by atoms with E-state index in [4.69, 9.17) is 21.1 Å². The van der Waals surface area contributed by atoms with Crippen molar-refractivity contribution in [2.45, 2.75) is 18.3 Å². The number of halogens is 1. The van der Waals surface area contributed by atoms with Crippen LogP contribution in [0.25, 0.3) is 0 Å². The summed E-state index contributed by atoms with van der Waals surface area (Å²) in [6.07, 6.45) is 1.96. The molecule has 1 aromatic carbocycles. The van der Waals surface area contributed by atoms with E-state index in [-0.39, 0.29) is 5.41 Å². The van der Waals surface area contributed by atoms with Crippen molar-refractivity contribution in [3.05, 3.63) is 34.9 Å². The van der Waals surface area contributed by atoms with Gasteiger partial charge in [-0.15, -0.1) is 0 Å². The highest BCUT2D eigenvalue weighted by molar-refractivity contribution is 6.31. The zero-order valence-electron chi connectivity index (χ0n) is 11.5. The Kier molecular flexibility index (Phi) is 5.64. The van der Waals surface area contributed by atoms with Gasteiger partial charge in [0.05, 0.1) is 0 Å². The maximum Gasteiger partial charge on any atom is 0.0487 e. The Bertz CT molecular complexity index is 393. The van der Waals surface area contributed by atoms with Gasteiger partial charge in [0, 0.05) is 50.5 Å². The van der Waals surface area contributed by atoms with Gasteiger partial charge >= 0.3 is 0 Å². The Labute approximate surface area is 120 Å². The molecule has 1 aliphatic heterocycles. The Morgan fingerprint density at radius 3 is 2.63 bits per heavy atom. The average Bonchev–Trinajstić information content (AvgIpc) is 2.37. The van der Waals surface area contributed by atoms with Crippen LogP contribution in [-0.2, 0) is 14.9 Å². The molecule has 0 spiro atoms. The summed E-state index contributed by atoms with van der Waals surface area (Å²) in [5, 5.41) is 4.22. The van der Waals surface area contributed by atoms with Crippen LogP contribution in [-0.4, -0.2) is 40.0 Å². The first kappa shape index (κ1) is 14.8. The smallest absolute Gasteiger partial charge is 0.0487 e. The fraction of sp³-hybridized carbons (Fsp3) is 0.600. The SMILES string of the molecule is COCCCOCCC1(c2ccccc2Cl)CNC1. The quantitative estimate of drug-likeness (QED) is 0.744. The molecule has 0 bridgehead atoms. The van der Waals surface area contributed by atoms with Crippen LogP contribution < -0.4 is 5.32 Å². The molecule has 1 aromatic rings. The monoisotopic (exact) mass is 283 g/mol. The van der Waals surface area contributed by atoms with E-state index in [9.17, 15) is 0 Å². The third-order valence-corrected chi connectivity index (χ3v) is 4.06. The van der Waals surface area contributed by atoms with Crippen molar-refractivity contribution in [3.63, 3.8) is 0 Å². The lowest BCUT2D eigenvalue weighted by Crippen LogP contribution is -2.57. The first-order valence-electron chi connectivity index (χ1n) is 6.81. The molecule has 0 unspecified atom stereocenters. The minimum Gasteiger partial charge on any atom is -0.385 e. The molecule has 0 amide bonds. The molecule has 0 aliphatic carbocycles. The molecule has 0 aromatic heterocycles. The topological polar surface area (TPSA) is 30.5 Å². The first-order chi connectivity index (χ1) is 9.28. The normalized spacial score (nSPS) is 17.2. The lowest BCUT2D eigenvalue weighted by Gasteiger charge is -2.43. The molecule has 1 saturated heterocycles. The van der Waals surface area contributed by atoms with Gasteiger partial charge in [0.25, 0.3) is 0 Å². The minimum absolute atomic E-state index is 0.152. The Morgan fingerprint density at radius 1 is 1.21 bits per heavy atom. The third kappa shape index (κ3) is 3.69. The molecule has 1 fully saturated rings. The molecule has 0 saturated carbocycles. The van der Waals surface area contributed by atoms with E-state index in [1.54, 1.807) is 7.11 Å². The molecule has 1 heterocycles. The van der Waals surface area contributed by atoms with Gasteiger partial charge in [-0.1, -0.05) is 29.8 Å². The second-order valence-corrected chi connectivity index (χ2v) is 5.48. The van der Waals surface area contributed by atoms with Crippen molar-refractivity contribution in [2.24, 2.45) is 0 Å². The maximum atomic E-state index is 6.32. The van der Waals surface area contributed by atoms with Gasteiger partial charge in [-0.25, -0.2) is 0 Å². The second kappa shape index (κ2) is 7.25. The summed E-state index contributed by atoms with van der Waals surface area (Å²) >= 11 is 6.32. The van der Waals surface area contributed by atoms with E-state index in [1.165, 1.54) is 5.56 Å². The number of hydrogen-bond acceptors (Lipinski definition) is 3. The van der Waals surface area contributed by atoms with Crippen molar-refractivity contribution < 1.29 is 9.47 Å². The van der Waals surface area contributed by atoms with Crippen molar-refractivity contribution in [1.29, 1.82) is 0 Å². The van der Waals surface area contributed by atoms with Crippen LogP contribution in [0.5, 0.6) is 0 Å². The lowest BCUT2D eigenvalue weighted by atomic mass is 9.73. The summed E-state index contributed by atoms with van der Waals surface area (Å²) in [5.41, 5.74) is 1.40. The molecule has 1 N–H and O–H groups in total. The predicted molar refractivity (Wildman–Crippen MR) is 77.9 cm³/mol. The van der Waals surface area contributed by atoms with E-state index in [0.29, 0.717) is 0 Å². The summed E-state index contributed by atoms with van der Waals surface area (Å²) < 4.78 is 10.7. The molecule has 0 atom stereocenters. The standard InChI is InChI=1S/C15H22ClNO2/c1-18-8-4-9-19-10-7-15(11-17-12-15)13-5-2-3-6-14(13)16/h2-3,5-6,17H,4,7-12H2,1H3. The largest absolute Gasteiger partial charge is 0.385 e. The van der Waals surface area contributed by atoms with Crippen molar-refractivity contribution in [1.82, 2.24) is 5.32 Å². The number of rotatable bonds is 8. The van der Waals surface area contributed by atoms with E-state index in [2.05, 4.69) is 17.4 Å². The van der Waals surface area contributed by atoms with Crippen molar-refractivity contribution in [3.8, 4) is 0 Å². The van der Waals surface area contributed by atoms with Gasteiger partial charge < -0.3 is 14.8 Å². The summed E-state index contributed by atoms with van der Waals surface area (Å²) in [6.45, 7) is 4.27. The van der Waals surface area contributed by atoms with Gasteiger partial charge in [-0.3, -0.25) is 0 Å². The molecule has 1 aliphatic rings. The molecular weight excluding hydrogens is 262 g/mol. The molecule has 19 heavy (non-hydrogen) atoms. The Morgan fingerprint density at radius 2 is 2.00 bits per heavy atom. The van der Waals surface area contributed by atoms with Crippen LogP contribution >= 0.6 is 11.6 Å². The van der Waals surface area contributed by atoms with Gasteiger partial charge in [-0.2, -0.15) is 0 Å². The fourth-order valence-electron chi connectivity index (χ4n) is 2.49. The van der Waals surface area contributed by atoms with E-state index < -0.39 is 0 Å². The van der Waals surface area contributed by atoms with Crippen molar-refractivity contribution in [2.75, 3.05) is 40.0 Å². The van der Waals surface area contributed by atoms with Crippen LogP contribution in [0.2, 0.25) is 5.02 Å².